The van der Waals surface area contributed by atoms with Gasteiger partial charge in [-0.3, -0.25) is 4.79 Å². The molecule has 7 heteroatoms. The predicted octanol–water partition coefficient (Wildman–Crippen LogP) is 3.04. The van der Waals surface area contributed by atoms with Crippen LogP contribution in [0.5, 0.6) is 5.75 Å². The van der Waals surface area contributed by atoms with E-state index in [4.69, 9.17) is 14.2 Å². The quantitative estimate of drug-likeness (QED) is 0.549. The van der Waals surface area contributed by atoms with Crippen molar-refractivity contribution in [2.24, 2.45) is 0 Å². The lowest BCUT2D eigenvalue weighted by molar-refractivity contribution is -0.147. The van der Waals surface area contributed by atoms with Gasteiger partial charge in [-0.2, -0.15) is 0 Å². The molecule has 0 fully saturated rings. The minimum Gasteiger partial charge on any atom is -0.482 e. The fourth-order valence-electron chi connectivity index (χ4n) is 1.98. The molecule has 0 atom stereocenters. The smallest absolute Gasteiger partial charge is 0.344 e. The first-order valence-electron chi connectivity index (χ1n) is 8.11. The second kappa shape index (κ2) is 10.1. The van der Waals surface area contributed by atoms with Gasteiger partial charge in [0.1, 0.15) is 18.2 Å². The summed E-state index contributed by atoms with van der Waals surface area (Å²) < 4.78 is 28.1. The number of rotatable bonds is 9. The molecule has 138 valence electrons. The van der Waals surface area contributed by atoms with Crippen LogP contribution in [0.2, 0.25) is 0 Å². The summed E-state index contributed by atoms with van der Waals surface area (Å²) in [7, 11) is 0. The van der Waals surface area contributed by atoms with Gasteiger partial charge in [0.05, 0.1) is 6.61 Å². The largest absolute Gasteiger partial charge is 0.482 e. The highest BCUT2D eigenvalue weighted by Gasteiger charge is 2.08. The first kappa shape index (κ1) is 19.4. The summed E-state index contributed by atoms with van der Waals surface area (Å²) >= 11 is 0. The van der Waals surface area contributed by atoms with E-state index in [0.717, 1.165) is 0 Å². The standard InChI is InChI=1S/C19H20FNO5/c1-2-24-11-12-25-18(22)13-26-17-9-3-14(4-10-17)19(23)21-16-7-5-15(20)6-8-16/h3-10H,2,11-13H2,1H3,(H,21,23). The Hall–Kier alpha value is -2.93. The number of ether oxygens (including phenoxy) is 3. The molecule has 0 aliphatic heterocycles. The lowest BCUT2D eigenvalue weighted by Gasteiger charge is -2.08. The van der Waals surface area contributed by atoms with Crippen molar-refractivity contribution in [1.82, 2.24) is 0 Å². The number of nitrogens with one attached hydrogen (secondary N) is 1. The van der Waals surface area contributed by atoms with E-state index < -0.39 is 5.97 Å². The van der Waals surface area contributed by atoms with E-state index in [1.807, 2.05) is 6.92 Å². The van der Waals surface area contributed by atoms with E-state index in [2.05, 4.69) is 5.32 Å². The Morgan fingerprint density at radius 2 is 1.69 bits per heavy atom. The zero-order valence-electron chi connectivity index (χ0n) is 14.4. The van der Waals surface area contributed by atoms with Crippen molar-refractivity contribution in [2.45, 2.75) is 6.92 Å². The number of anilines is 1. The van der Waals surface area contributed by atoms with Gasteiger partial charge < -0.3 is 19.5 Å². The lowest BCUT2D eigenvalue weighted by atomic mass is 10.2. The molecule has 0 unspecified atom stereocenters. The Balaban J connectivity index is 1.79. The second-order valence-corrected chi connectivity index (χ2v) is 5.19. The molecular weight excluding hydrogens is 341 g/mol. The van der Waals surface area contributed by atoms with Gasteiger partial charge in [0.15, 0.2) is 6.61 Å². The third-order valence-corrected chi connectivity index (χ3v) is 3.27. The monoisotopic (exact) mass is 361 g/mol. The minimum atomic E-state index is -0.497. The van der Waals surface area contributed by atoms with Crippen LogP contribution in [-0.2, 0) is 14.3 Å². The first-order valence-corrected chi connectivity index (χ1v) is 8.11. The Bertz CT molecular complexity index is 716. The number of carbonyl (C=O) groups excluding carboxylic acids is 2. The Morgan fingerprint density at radius 3 is 2.35 bits per heavy atom. The van der Waals surface area contributed by atoms with Crippen molar-refractivity contribution in [1.29, 1.82) is 0 Å². The van der Waals surface area contributed by atoms with Gasteiger partial charge in [-0.25, -0.2) is 9.18 Å². The van der Waals surface area contributed by atoms with Gasteiger partial charge in [0.25, 0.3) is 5.91 Å². The third-order valence-electron chi connectivity index (χ3n) is 3.27. The molecule has 26 heavy (non-hydrogen) atoms. The number of hydrogen-bond donors (Lipinski definition) is 1. The maximum Gasteiger partial charge on any atom is 0.344 e. The minimum absolute atomic E-state index is 0.179. The summed E-state index contributed by atoms with van der Waals surface area (Å²) in [6.45, 7) is 2.72. The average Bonchev–Trinajstić information content (AvgIpc) is 2.66. The Labute approximate surface area is 150 Å². The highest BCUT2D eigenvalue weighted by atomic mass is 19.1. The third kappa shape index (κ3) is 6.52. The first-order chi connectivity index (χ1) is 12.6. The summed E-state index contributed by atoms with van der Waals surface area (Å²) in [6.07, 6.45) is 0. The highest BCUT2D eigenvalue weighted by molar-refractivity contribution is 6.04. The maximum absolute atomic E-state index is 12.9. The van der Waals surface area contributed by atoms with E-state index >= 15 is 0 Å². The average molecular weight is 361 g/mol. The molecule has 2 rings (SSSR count). The number of amides is 1. The molecule has 0 aromatic heterocycles. The van der Waals surface area contributed by atoms with Crippen LogP contribution in [-0.4, -0.2) is 38.3 Å². The van der Waals surface area contributed by atoms with Crippen molar-refractivity contribution in [3.05, 3.63) is 59.9 Å². The van der Waals surface area contributed by atoms with Crippen LogP contribution in [0.1, 0.15) is 17.3 Å². The fraction of sp³-hybridized carbons (Fsp3) is 0.263. The molecule has 0 aliphatic rings. The SMILES string of the molecule is CCOCCOC(=O)COc1ccc(C(=O)Nc2ccc(F)cc2)cc1. The van der Waals surface area contributed by atoms with E-state index in [0.29, 0.717) is 30.2 Å². The molecule has 0 saturated carbocycles. The second-order valence-electron chi connectivity index (χ2n) is 5.19. The summed E-state index contributed by atoms with van der Waals surface area (Å²) in [5, 5.41) is 2.66. The molecule has 0 aliphatic carbocycles. The van der Waals surface area contributed by atoms with Crippen LogP contribution in [0.25, 0.3) is 0 Å². The Morgan fingerprint density at radius 1 is 1.00 bits per heavy atom. The maximum atomic E-state index is 12.9. The van der Waals surface area contributed by atoms with E-state index in [-0.39, 0.29) is 24.9 Å². The summed E-state index contributed by atoms with van der Waals surface area (Å²) in [5.74, 6) is -0.771. The van der Waals surface area contributed by atoms with Crippen LogP contribution in [0, 0.1) is 5.82 Å². The van der Waals surface area contributed by atoms with Gasteiger partial charge in [0, 0.05) is 17.9 Å². The lowest BCUT2D eigenvalue weighted by Crippen LogP contribution is -2.17. The summed E-state index contributed by atoms with van der Waals surface area (Å²) in [5.41, 5.74) is 0.896. The van der Waals surface area contributed by atoms with Crippen molar-refractivity contribution >= 4 is 17.6 Å². The number of esters is 1. The zero-order valence-corrected chi connectivity index (χ0v) is 14.4. The van der Waals surface area contributed by atoms with E-state index in [1.165, 1.54) is 24.3 Å². The molecule has 1 N–H and O–H groups in total. The summed E-state index contributed by atoms with van der Waals surface area (Å²) in [6, 6.07) is 11.8. The van der Waals surface area contributed by atoms with Crippen LogP contribution in [0.4, 0.5) is 10.1 Å². The normalized spacial score (nSPS) is 10.2. The molecule has 2 aromatic rings. The number of carbonyl (C=O) groups is 2. The van der Waals surface area contributed by atoms with Gasteiger partial charge in [-0.05, 0) is 55.5 Å². The molecule has 1 amide bonds. The number of hydrogen-bond acceptors (Lipinski definition) is 5. The van der Waals surface area contributed by atoms with E-state index in [1.54, 1.807) is 24.3 Å². The van der Waals surface area contributed by atoms with Gasteiger partial charge >= 0.3 is 5.97 Å². The summed E-state index contributed by atoms with van der Waals surface area (Å²) in [4.78, 5) is 23.6. The van der Waals surface area contributed by atoms with Gasteiger partial charge in [0.2, 0.25) is 0 Å². The van der Waals surface area contributed by atoms with Crippen LogP contribution >= 0.6 is 0 Å². The van der Waals surface area contributed by atoms with Crippen LogP contribution in [0.3, 0.4) is 0 Å². The number of halogens is 1. The zero-order chi connectivity index (χ0) is 18.8. The molecule has 0 heterocycles. The fourth-order valence-corrected chi connectivity index (χ4v) is 1.98. The molecule has 6 nitrogen and oxygen atoms in total. The van der Waals surface area contributed by atoms with Gasteiger partial charge in [-0.1, -0.05) is 0 Å². The van der Waals surface area contributed by atoms with Crippen molar-refractivity contribution < 1.29 is 28.2 Å². The van der Waals surface area contributed by atoms with E-state index in [9.17, 15) is 14.0 Å². The van der Waals surface area contributed by atoms with Crippen LogP contribution in [0.15, 0.2) is 48.5 Å². The predicted molar refractivity (Wildman–Crippen MR) is 93.7 cm³/mol. The van der Waals surface area contributed by atoms with Gasteiger partial charge in [-0.15, -0.1) is 0 Å². The molecule has 0 spiro atoms. The number of benzene rings is 2. The topological polar surface area (TPSA) is 73.9 Å². The molecule has 0 saturated heterocycles. The molecule has 0 radical (unpaired) electrons. The molecule has 0 bridgehead atoms. The van der Waals surface area contributed by atoms with Crippen LogP contribution < -0.4 is 10.1 Å². The highest BCUT2D eigenvalue weighted by Crippen LogP contribution is 2.15. The van der Waals surface area contributed by atoms with Crippen molar-refractivity contribution in [3.8, 4) is 5.75 Å². The molecule has 2 aromatic carbocycles. The van der Waals surface area contributed by atoms with Crippen molar-refractivity contribution in [2.75, 3.05) is 31.7 Å². The Kier molecular flexibility index (Phi) is 7.57. The van der Waals surface area contributed by atoms with Crippen molar-refractivity contribution in [3.63, 3.8) is 0 Å². The molecular formula is C19H20FNO5.